The lowest BCUT2D eigenvalue weighted by atomic mass is 9.85. The van der Waals surface area contributed by atoms with Gasteiger partial charge in [-0.2, -0.15) is 0 Å². The highest BCUT2D eigenvalue weighted by atomic mass is 16.2. The molecule has 5 nitrogen and oxygen atoms in total. The van der Waals surface area contributed by atoms with Crippen molar-refractivity contribution in [2.45, 2.75) is 13.0 Å². The van der Waals surface area contributed by atoms with E-state index in [-0.39, 0.29) is 41.4 Å². The molecule has 3 amide bonds. The van der Waals surface area contributed by atoms with Gasteiger partial charge >= 0.3 is 0 Å². The number of hydrogen-bond donors (Lipinski definition) is 1. The van der Waals surface area contributed by atoms with Crippen molar-refractivity contribution >= 4 is 23.4 Å². The molecule has 2 aromatic carbocycles. The van der Waals surface area contributed by atoms with Crippen LogP contribution >= 0.6 is 0 Å². The van der Waals surface area contributed by atoms with Gasteiger partial charge in [-0.1, -0.05) is 48.6 Å². The Balaban J connectivity index is 1.35. The lowest BCUT2D eigenvalue weighted by Gasteiger charge is -2.18. The molecule has 3 aliphatic rings. The van der Waals surface area contributed by atoms with Crippen LogP contribution in [-0.4, -0.2) is 17.7 Å². The van der Waals surface area contributed by atoms with Crippen LogP contribution in [-0.2, 0) is 16.1 Å². The fourth-order valence-electron chi connectivity index (χ4n) is 4.82. The van der Waals surface area contributed by atoms with Crippen molar-refractivity contribution in [1.82, 2.24) is 5.32 Å². The number of carbonyl (C=O) groups excluding carboxylic acids is 3. The molecule has 1 saturated heterocycles. The highest BCUT2D eigenvalue weighted by molar-refractivity contribution is 6.23. The lowest BCUT2D eigenvalue weighted by Crippen LogP contribution is -2.33. The molecule has 1 saturated carbocycles. The minimum Gasteiger partial charge on any atom is -0.348 e. The van der Waals surface area contributed by atoms with E-state index in [9.17, 15) is 14.4 Å². The van der Waals surface area contributed by atoms with E-state index in [0.29, 0.717) is 17.8 Å². The van der Waals surface area contributed by atoms with Crippen molar-refractivity contribution in [2.24, 2.45) is 23.7 Å². The second-order valence-electron chi connectivity index (χ2n) is 7.73. The summed E-state index contributed by atoms with van der Waals surface area (Å²) in [5.74, 6) is -0.618. The number of rotatable bonds is 4. The summed E-state index contributed by atoms with van der Waals surface area (Å²) in [7, 11) is 0. The average molecular weight is 372 g/mol. The Labute approximate surface area is 163 Å². The third-order valence-corrected chi connectivity index (χ3v) is 6.13. The van der Waals surface area contributed by atoms with E-state index < -0.39 is 0 Å². The van der Waals surface area contributed by atoms with Crippen LogP contribution in [0.4, 0.5) is 5.69 Å². The predicted octanol–water partition coefficient (Wildman–Crippen LogP) is 2.93. The van der Waals surface area contributed by atoms with Gasteiger partial charge in [0, 0.05) is 12.1 Å². The number of amides is 3. The predicted molar refractivity (Wildman–Crippen MR) is 104 cm³/mol. The first kappa shape index (κ1) is 16.9. The summed E-state index contributed by atoms with van der Waals surface area (Å²) >= 11 is 0. The molecular formula is C23H20N2O3. The van der Waals surface area contributed by atoms with Crippen molar-refractivity contribution in [3.63, 3.8) is 0 Å². The zero-order chi connectivity index (χ0) is 19.3. The van der Waals surface area contributed by atoms with E-state index in [2.05, 4.69) is 17.5 Å². The first-order chi connectivity index (χ1) is 13.6. The molecule has 140 valence electrons. The van der Waals surface area contributed by atoms with E-state index >= 15 is 0 Å². The van der Waals surface area contributed by atoms with E-state index in [1.165, 1.54) is 4.90 Å². The third kappa shape index (κ3) is 2.58. The zero-order valence-corrected chi connectivity index (χ0v) is 15.2. The molecule has 2 aromatic rings. The quantitative estimate of drug-likeness (QED) is 0.663. The van der Waals surface area contributed by atoms with Crippen LogP contribution in [0.5, 0.6) is 0 Å². The molecule has 2 aliphatic carbocycles. The van der Waals surface area contributed by atoms with Crippen molar-refractivity contribution in [2.75, 3.05) is 4.90 Å². The Hall–Kier alpha value is -3.21. The van der Waals surface area contributed by atoms with Gasteiger partial charge in [0.05, 0.1) is 17.5 Å². The number of anilines is 1. The van der Waals surface area contributed by atoms with Gasteiger partial charge in [-0.3, -0.25) is 14.4 Å². The molecule has 0 spiro atoms. The van der Waals surface area contributed by atoms with Crippen LogP contribution in [0.1, 0.15) is 22.3 Å². The van der Waals surface area contributed by atoms with E-state index in [4.69, 9.17) is 0 Å². The summed E-state index contributed by atoms with van der Waals surface area (Å²) in [4.78, 5) is 39.7. The molecule has 0 aromatic heterocycles. The summed E-state index contributed by atoms with van der Waals surface area (Å²) in [5, 5.41) is 2.88. The summed E-state index contributed by atoms with van der Waals surface area (Å²) < 4.78 is 0. The Morgan fingerprint density at radius 2 is 1.61 bits per heavy atom. The third-order valence-electron chi connectivity index (χ3n) is 6.13. The number of nitrogens with zero attached hydrogens (tertiary/aromatic N) is 1. The van der Waals surface area contributed by atoms with E-state index in [0.717, 1.165) is 12.0 Å². The Bertz CT molecular complexity index is 968. The molecule has 5 heteroatoms. The van der Waals surface area contributed by atoms with Gasteiger partial charge in [0.2, 0.25) is 11.8 Å². The maximum Gasteiger partial charge on any atom is 0.251 e. The average Bonchev–Trinajstić information content (AvgIpc) is 3.41. The Kier molecular flexibility index (Phi) is 3.90. The fraction of sp³-hybridized carbons (Fsp3) is 0.261. The van der Waals surface area contributed by atoms with Gasteiger partial charge < -0.3 is 5.32 Å². The number of fused-ring (bicyclic) bond motifs is 5. The summed E-state index contributed by atoms with van der Waals surface area (Å²) in [6.45, 7) is 0.421. The van der Waals surface area contributed by atoms with Crippen molar-refractivity contribution in [1.29, 1.82) is 0 Å². The summed E-state index contributed by atoms with van der Waals surface area (Å²) in [6.07, 6.45) is 5.06. The van der Waals surface area contributed by atoms with E-state index in [1.54, 1.807) is 24.3 Å². The van der Waals surface area contributed by atoms with Gasteiger partial charge in [0.1, 0.15) is 0 Å². The monoisotopic (exact) mass is 372 g/mol. The largest absolute Gasteiger partial charge is 0.348 e. The van der Waals surface area contributed by atoms with Crippen LogP contribution in [0.25, 0.3) is 0 Å². The standard InChI is InChI=1S/C23H20N2O3/c26-21(24-13-14-5-2-1-3-6-14)17-7-4-8-18(12-17)25-22(27)19-15-9-10-16(11-15)20(19)23(25)28/h1-10,12,15-16,19-20H,11,13H2,(H,24,26)/t15-,16-,19-,20+/m0/s1. The van der Waals surface area contributed by atoms with Gasteiger partial charge in [-0.05, 0) is 42.0 Å². The number of carbonyl (C=O) groups is 3. The number of benzene rings is 2. The molecule has 5 rings (SSSR count). The maximum atomic E-state index is 13.0. The number of allylic oxidation sites excluding steroid dienone is 2. The molecular weight excluding hydrogens is 352 g/mol. The van der Waals surface area contributed by atoms with Crippen molar-refractivity contribution in [3.05, 3.63) is 77.9 Å². The lowest BCUT2D eigenvalue weighted by molar-refractivity contribution is -0.123. The van der Waals surface area contributed by atoms with Gasteiger partial charge in [0.25, 0.3) is 5.91 Å². The first-order valence-corrected chi connectivity index (χ1v) is 9.62. The van der Waals surface area contributed by atoms with E-state index in [1.807, 2.05) is 30.3 Å². The SMILES string of the molecule is O=C(NCc1ccccc1)c1cccc(N2C(=O)[C@@H]3[C@H](C2=O)[C@H]2C=C[C@H]3C2)c1. The van der Waals surface area contributed by atoms with Crippen molar-refractivity contribution in [3.8, 4) is 0 Å². The highest BCUT2D eigenvalue weighted by Crippen LogP contribution is 2.53. The van der Waals surface area contributed by atoms with Gasteiger partial charge in [-0.25, -0.2) is 4.90 Å². The maximum absolute atomic E-state index is 13.0. The van der Waals surface area contributed by atoms with Crippen LogP contribution in [0, 0.1) is 23.7 Å². The molecule has 0 radical (unpaired) electrons. The Morgan fingerprint density at radius 1 is 0.929 bits per heavy atom. The molecule has 1 heterocycles. The van der Waals surface area contributed by atoms with Crippen LogP contribution in [0.2, 0.25) is 0 Å². The smallest absolute Gasteiger partial charge is 0.251 e. The summed E-state index contributed by atoms with van der Waals surface area (Å²) in [6, 6.07) is 16.4. The first-order valence-electron chi connectivity index (χ1n) is 9.62. The molecule has 28 heavy (non-hydrogen) atoms. The van der Waals surface area contributed by atoms with Gasteiger partial charge in [-0.15, -0.1) is 0 Å². The second kappa shape index (κ2) is 6.44. The number of hydrogen-bond acceptors (Lipinski definition) is 3. The van der Waals surface area contributed by atoms with Crippen LogP contribution in [0.3, 0.4) is 0 Å². The molecule has 2 fully saturated rings. The topological polar surface area (TPSA) is 66.5 Å². The van der Waals surface area contributed by atoms with Gasteiger partial charge in [0.15, 0.2) is 0 Å². The minimum absolute atomic E-state index is 0.131. The molecule has 1 aliphatic heterocycles. The fourth-order valence-corrected chi connectivity index (χ4v) is 4.82. The number of nitrogens with one attached hydrogen (secondary N) is 1. The minimum atomic E-state index is -0.238. The highest BCUT2D eigenvalue weighted by Gasteiger charge is 2.59. The molecule has 4 atom stereocenters. The number of imide groups is 1. The van der Waals surface area contributed by atoms with Crippen molar-refractivity contribution < 1.29 is 14.4 Å². The molecule has 0 unspecified atom stereocenters. The normalized spacial score (nSPS) is 27.4. The zero-order valence-electron chi connectivity index (χ0n) is 15.2. The second-order valence-corrected chi connectivity index (χ2v) is 7.73. The summed E-state index contributed by atoms with van der Waals surface area (Å²) in [5.41, 5.74) is 1.93. The molecule has 2 bridgehead atoms. The van der Waals surface area contributed by atoms with Crippen LogP contribution in [0.15, 0.2) is 66.7 Å². The molecule has 1 N–H and O–H groups in total. The van der Waals surface area contributed by atoms with Crippen LogP contribution < -0.4 is 10.2 Å². The Morgan fingerprint density at radius 3 is 2.29 bits per heavy atom.